The van der Waals surface area contributed by atoms with Crippen LogP contribution in [0.1, 0.15) is 39.2 Å². The predicted molar refractivity (Wildman–Crippen MR) is 157 cm³/mol. The van der Waals surface area contributed by atoms with Crippen LogP contribution in [0.25, 0.3) is 10.1 Å². The number of hydrogen-bond donors (Lipinski definition) is 2. The number of carbonyl (C=O) groups excluding carboxylic acids is 2. The van der Waals surface area contributed by atoms with Crippen molar-refractivity contribution in [2.75, 3.05) is 32.7 Å². The Morgan fingerprint density at radius 3 is 2.17 bits per heavy atom. The maximum absolute atomic E-state index is 13.7. The van der Waals surface area contributed by atoms with Crippen molar-refractivity contribution in [2.24, 2.45) is 5.92 Å². The summed E-state index contributed by atoms with van der Waals surface area (Å²) in [6.45, 7) is 6.09. The van der Waals surface area contributed by atoms with Crippen molar-refractivity contribution in [3.8, 4) is 0 Å². The van der Waals surface area contributed by atoms with Gasteiger partial charge in [-0.15, -0.1) is 11.3 Å². The number of hydrogen-bond acceptors (Lipinski definition) is 5. The van der Waals surface area contributed by atoms with Gasteiger partial charge in [0, 0.05) is 23.5 Å². The average molecular weight is 556 g/mol. The molecule has 3 aromatic carbocycles. The number of quaternary nitrogens is 1. The number of aliphatic hydroxyl groups is 1. The lowest BCUT2D eigenvalue weighted by Crippen LogP contribution is -2.66. The van der Waals surface area contributed by atoms with Crippen LogP contribution < -0.4 is 5.32 Å². The number of fused-ring (bicyclic) bond motifs is 4. The summed E-state index contributed by atoms with van der Waals surface area (Å²) in [5.74, 6) is -0.367. The molecule has 40 heavy (non-hydrogen) atoms. The van der Waals surface area contributed by atoms with Crippen LogP contribution in [0.3, 0.4) is 0 Å². The fourth-order valence-electron chi connectivity index (χ4n) is 6.53. The van der Waals surface area contributed by atoms with Gasteiger partial charge in [0.2, 0.25) is 5.60 Å². The van der Waals surface area contributed by atoms with Crippen molar-refractivity contribution in [3.63, 3.8) is 0 Å². The molecule has 7 heteroatoms. The first-order valence-corrected chi connectivity index (χ1v) is 14.9. The second kappa shape index (κ2) is 10.8. The zero-order valence-electron chi connectivity index (χ0n) is 22.7. The zero-order valence-corrected chi connectivity index (χ0v) is 23.5. The molecule has 2 bridgehead atoms. The van der Waals surface area contributed by atoms with E-state index in [4.69, 9.17) is 4.74 Å². The molecule has 3 aliphatic rings. The molecule has 6 nitrogen and oxygen atoms in total. The molecule has 3 fully saturated rings. The van der Waals surface area contributed by atoms with E-state index in [1.54, 1.807) is 24.3 Å². The third-order valence-electron chi connectivity index (χ3n) is 8.90. The Kier molecular flexibility index (Phi) is 7.21. The molecule has 3 aliphatic heterocycles. The zero-order chi connectivity index (χ0) is 27.7. The lowest BCUT2D eigenvalue weighted by atomic mass is 9.82. The summed E-state index contributed by atoms with van der Waals surface area (Å²) in [6.07, 6.45) is 1.67. The number of thiophene rings is 1. The van der Waals surface area contributed by atoms with Gasteiger partial charge in [-0.3, -0.25) is 4.79 Å². The van der Waals surface area contributed by atoms with Gasteiger partial charge in [-0.25, -0.2) is 4.79 Å². The van der Waals surface area contributed by atoms with Crippen molar-refractivity contribution in [1.29, 1.82) is 0 Å². The minimum absolute atomic E-state index is 0.0254. The summed E-state index contributed by atoms with van der Waals surface area (Å²) >= 11 is 1.54. The van der Waals surface area contributed by atoms with Crippen molar-refractivity contribution in [1.82, 2.24) is 5.32 Å². The smallest absolute Gasteiger partial charge is 0.348 e. The number of piperidine rings is 3. The fourth-order valence-corrected chi connectivity index (χ4v) is 7.66. The molecule has 7 rings (SSSR count). The molecule has 0 saturated carbocycles. The van der Waals surface area contributed by atoms with E-state index in [1.165, 1.54) is 11.3 Å². The van der Waals surface area contributed by atoms with Crippen LogP contribution >= 0.6 is 11.3 Å². The molecular formula is C33H35N2O4S+. The number of nitrogens with zero attached hydrogens (tertiary/aromatic N) is 1. The Morgan fingerprint density at radius 1 is 0.950 bits per heavy atom. The molecule has 1 atom stereocenters. The van der Waals surface area contributed by atoms with Crippen molar-refractivity contribution in [2.45, 2.75) is 31.5 Å². The molecule has 0 aliphatic carbocycles. The van der Waals surface area contributed by atoms with Gasteiger partial charge in [-0.1, -0.05) is 78.9 Å². The van der Waals surface area contributed by atoms with Gasteiger partial charge < -0.3 is 19.6 Å². The van der Waals surface area contributed by atoms with Gasteiger partial charge >= 0.3 is 5.97 Å². The summed E-state index contributed by atoms with van der Waals surface area (Å²) in [5, 5.41) is 16.1. The maximum atomic E-state index is 13.7. The predicted octanol–water partition coefficient (Wildman–Crippen LogP) is 5.03. The SMILES string of the molecule is Cc1c(C(=O)NCC[N+]23CCC(CC2)[C@@H](OC(=O)C(O)(c2ccccc2)c2ccccc2)C3)sc2ccccc12. The Bertz CT molecular complexity index is 1470. The minimum Gasteiger partial charge on any atom is -0.453 e. The number of nitrogens with one attached hydrogen (secondary N) is 1. The third kappa shape index (κ3) is 4.83. The van der Waals surface area contributed by atoms with Crippen LogP contribution in [-0.2, 0) is 15.1 Å². The highest BCUT2D eigenvalue weighted by molar-refractivity contribution is 7.21. The molecule has 0 unspecified atom stereocenters. The first-order chi connectivity index (χ1) is 19.4. The van der Waals surface area contributed by atoms with E-state index >= 15 is 0 Å². The maximum Gasteiger partial charge on any atom is 0.348 e. The lowest BCUT2D eigenvalue weighted by Gasteiger charge is -2.52. The van der Waals surface area contributed by atoms with Crippen LogP contribution in [-0.4, -0.2) is 60.3 Å². The van der Waals surface area contributed by atoms with Gasteiger partial charge in [0.1, 0.15) is 6.54 Å². The monoisotopic (exact) mass is 555 g/mol. The molecule has 2 N–H and O–H groups in total. The highest BCUT2D eigenvalue weighted by atomic mass is 32.1. The molecule has 1 aromatic heterocycles. The molecule has 1 amide bonds. The van der Waals surface area contributed by atoms with E-state index in [2.05, 4.69) is 17.4 Å². The highest BCUT2D eigenvalue weighted by Gasteiger charge is 2.50. The Balaban J connectivity index is 1.14. The second-order valence-electron chi connectivity index (χ2n) is 11.2. The average Bonchev–Trinajstić information content (AvgIpc) is 3.34. The van der Waals surface area contributed by atoms with Crippen LogP contribution in [0.4, 0.5) is 0 Å². The topological polar surface area (TPSA) is 75.6 Å². The quantitative estimate of drug-likeness (QED) is 0.236. The summed E-state index contributed by atoms with van der Waals surface area (Å²) in [7, 11) is 0. The van der Waals surface area contributed by atoms with Gasteiger partial charge in [0.25, 0.3) is 5.91 Å². The van der Waals surface area contributed by atoms with Gasteiger partial charge in [-0.05, 0) is 35.1 Å². The first-order valence-electron chi connectivity index (χ1n) is 14.1. The fraction of sp³-hybridized carbons (Fsp3) is 0.333. The van der Waals surface area contributed by atoms with Crippen molar-refractivity contribution < 1.29 is 23.9 Å². The standard InChI is InChI=1S/C33H34N2O4S/c1-23-27-14-8-9-15-29(27)40-30(23)31(36)34-18-21-35-19-16-24(17-20-35)28(22-35)39-32(37)33(38,25-10-4-2-5-11-25)26-12-6-3-7-13-26/h2-15,24,28,38H,16-22H2,1H3/p+1/t24?,28-,35?/m0/s1. The third-order valence-corrected chi connectivity index (χ3v) is 10.2. The number of ether oxygens (including phenoxy) is 1. The molecular weight excluding hydrogens is 520 g/mol. The Morgan fingerprint density at radius 2 is 1.55 bits per heavy atom. The summed E-state index contributed by atoms with van der Waals surface area (Å²) in [5.41, 5.74) is 0.140. The van der Waals surface area contributed by atoms with E-state index in [1.807, 2.05) is 55.5 Å². The number of rotatable bonds is 8. The number of esters is 1. The minimum atomic E-state index is -1.88. The van der Waals surface area contributed by atoms with Crippen LogP contribution in [0, 0.1) is 12.8 Å². The van der Waals surface area contributed by atoms with E-state index in [9.17, 15) is 14.7 Å². The van der Waals surface area contributed by atoms with E-state index < -0.39 is 11.6 Å². The van der Waals surface area contributed by atoms with Gasteiger partial charge in [0.15, 0.2) is 6.10 Å². The lowest BCUT2D eigenvalue weighted by molar-refractivity contribution is -0.945. The normalized spacial score (nSPS) is 22.2. The highest BCUT2D eigenvalue weighted by Crippen LogP contribution is 2.38. The molecule has 4 heterocycles. The number of carbonyl (C=O) groups is 2. The van der Waals surface area contributed by atoms with Gasteiger partial charge in [0.05, 0.1) is 31.1 Å². The molecule has 4 aromatic rings. The molecule has 3 saturated heterocycles. The van der Waals surface area contributed by atoms with Crippen LogP contribution in [0.15, 0.2) is 84.9 Å². The summed E-state index contributed by atoms with van der Waals surface area (Å²) < 4.78 is 8.12. The molecule has 206 valence electrons. The van der Waals surface area contributed by atoms with Crippen LogP contribution in [0.5, 0.6) is 0 Å². The van der Waals surface area contributed by atoms with Crippen molar-refractivity contribution >= 4 is 33.3 Å². The van der Waals surface area contributed by atoms with E-state index in [-0.39, 0.29) is 17.9 Å². The van der Waals surface area contributed by atoms with E-state index in [0.29, 0.717) is 24.2 Å². The largest absolute Gasteiger partial charge is 0.453 e. The van der Waals surface area contributed by atoms with Crippen molar-refractivity contribution in [3.05, 3.63) is 106 Å². The molecule has 0 radical (unpaired) electrons. The van der Waals surface area contributed by atoms with Crippen LogP contribution in [0.2, 0.25) is 0 Å². The number of aryl methyl sites for hydroxylation is 1. The van der Waals surface area contributed by atoms with E-state index in [0.717, 1.165) is 57.5 Å². The van der Waals surface area contributed by atoms with Gasteiger partial charge in [-0.2, -0.15) is 0 Å². The number of benzene rings is 3. The summed E-state index contributed by atoms with van der Waals surface area (Å²) in [6, 6.07) is 26.2. The Hall–Kier alpha value is -3.52. The number of amides is 1. The first kappa shape index (κ1) is 26.7. The Labute approximate surface area is 238 Å². The molecule has 0 spiro atoms. The second-order valence-corrected chi connectivity index (χ2v) is 12.3. The summed E-state index contributed by atoms with van der Waals surface area (Å²) in [4.78, 5) is 27.6.